The second-order valence-corrected chi connectivity index (χ2v) is 11.5. The van der Waals surface area contributed by atoms with Crippen molar-refractivity contribution in [1.82, 2.24) is 20.9 Å². The standard InChI is InChI=1S/C35H45ClN4O6/c1-5-24-8-6-9-26(20-24)32-29(10-7-11-30(32)36)33(46-18-16-38-35(42)44-4)31-23-40(17-19-45-31)34(41)39-22-27(37-2)21-25-12-14-28(43-3)15-13-25/h6-15,20,27,31,33,37H,5,16-19,21-23H2,1-4H3,(H,38,42)(H,39,41)/t27-,31+,33-/m0/s1. The molecule has 0 aromatic heterocycles. The SMILES string of the molecule is CCc1cccc(-c2c(Cl)cccc2[C@H](OCCNC(=O)OC)[C@H]2CN(C(=O)NC[C@H](Cc3ccc(OC)cc3)NC)CCO2)c1. The van der Waals surface area contributed by atoms with Crippen LogP contribution in [0.2, 0.25) is 5.02 Å². The molecule has 11 heteroatoms. The molecule has 0 spiro atoms. The van der Waals surface area contributed by atoms with Crippen molar-refractivity contribution in [3.63, 3.8) is 0 Å². The quantitative estimate of drug-likeness (QED) is 0.205. The third kappa shape index (κ3) is 9.59. The number of alkyl carbamates (subject to hydrolysis) is 1. The molecular weight excluding hydrogens is 608 g/mol. The van der Waals surface area contributed by atoms with E-state index >= 15 is 0 Å². The predicted molar refractivity (Wildman–Crippen MR) is 180 cm³/mol. The van der Waals surface area contributed by atoms with Gasteiger partial charge in [0.2, 0.25) is 0 Å². The fourth-order valence-corrected chi connectivity index (χ4v) is 5.82. The molecule has 1 heterocycles. The first-order valence-electron chi connectivity index (χ1n) is 15.6. The average molecular weight is 653 g/mol. The van der Waals surface area contributed by atoms with E-state index in [1.165, 1.54) is 12.7 Å². The lowest BCUT2D eigenvalue weighted by Crippen LogP contribution is -2.53. The fourth-order valence-electron chi connectivity index (χ4n) is 5.53. The number of halogens is 1. The number of carbonyl (C=O) groups is 2. The lowest BCUT2D eigenvalue weighted by Gasteiger charge is -2.38. The van der Waals surface area contributed by atoms with Gasteiger partial charge < -0.3 is 39.8 Å². The third-order valence-corrected chi connectivity index (χ3v) is 8.41. The Morgan fingerprint density at radius 3 is 2.54 bits per heavy atom. The number of hydrogen-bond donors (Lipinski definition) is 3. The molecule has 3 atom stereocenters. The number of aryl methyl sites for hydroxylation is 1. The lowest BCUT2D eigenvalue weighted by atomic mass is 9.92. The maximum absolute atomic E-state index is 13.4. The maximum atomic E-state index is 13.4. The van der Waals surface area contributed by atoms with E-state index in [9.17, 15) is 9.59 Å². The molecule has 248 valence electrons. The Morgan fingerprint density at radius 1 is 1.04 bits per heavy atom. The number of nitrogens with zero attached hydrogens (tertiary/aromatic N) is 1. The topological polar surface area (TPSA) is 110 Å². The van der Waals surface area contributed by atoms with Gasteiger partial charge in [-0.15, -0.1) is 0 Å². The number of morpholine rings is 1. The Bertz CT molecular complexity index is 1420. The van der Waals surface area contributed by atoms with Gasteiger partial charge in [-0.3, -0.25) is 0 Å². The molecule has 4 rings (SSSR count). The van der Waals surface area contributed by atoms with Crippen LogP contribution in [-0.4, -0.2) is 89.8 Å². The summed E-state index contributed by atoms with van der Waals surface area (Å²) in [5.41, 5.74) is 5.00. The van der Waals surface area contributed by atoms with Crippen LogP contribution in [0.3, 0.4) is 0 Å². The van der Waals surface area contributed by atoms with E-state index in [-0.39, 0.29) is 25.2 Å². The van der Waals surface area contributed by atoms with Gasteiger partial charge in [-0.2, -0.15) is 0 Å². The predicted octanol–water partition coefficient (Wildman–Crippen LogP) is 5.23. The fraction of sp³-hybridized carbons (Fsp3) is 0.429. The molecule has 0 unspecified atom stereocenters. The van der Waals surface area contributed by atoms with Crippen molar-refractivity contribution in [2.24, 2.45) is 0 Å². The largest absolute Gasteiger partial charge is 0.497 e. The molecule has 1 saturated heterocycles. The van der Waals surface area contributed by atoms with Gasteiger partial charge >= 0.3 is 12.1 Å². The highest BCUT2D eigenvalue weighted by atomic mass is 35.5. The number of urea groups is 1. The van der Waals surface area contributed by atoms with Gasteiger partial charge in [0.25, 0.3) is 0 Å². The van der Waals surface area contributed by atoms with Crippen molar-refractivity contribution >= 4 is 23.7 Å². The first-order chi connectivity index (χ1) is 22.4. The summed E-state index contributed by atoms with van der Waals surface area (Å²) in [7, 11) is 4.85. The minimum atomic E-state index is -0.575. The Balaban J connectivity index is 1.50. The number of ether oxygens (including phenoxy) is 4. The minimum absolute atomic E-state index is 0.0421. The molecule has 1 aliphatic heterocycles. The summed E-state index contributed by atoms with van der Waals surface area (Å²) in [6.07, 6.45) is 0.0388. The van der Waals surface area contributed by atoms with Crippen molar-refractivity contribution in [2.75, 3.05) is 60.7 Å². The van der Waals surface area contributed by atoms with E-state index in [1.54, 1.807) is 12.0 Å². The molecule has 3 amide bonds. The number of benzene rings is 3. The summed E-state index contributed by atoms with van der Waals surface area (Å²) in [6.45, 7) is 4.10. The van der Waals surface area contributed by atoms with Crippen molar-refractivity contribution in [3.05, 3.63) is 88.4 Å². The number of likely N-dealkylation sites (N-methyl/N-ethyl adjacent to an activating group) is 1. The van der Waals surface area contributed by atoms with Crippen molar-refractivity contribution in [2.45, 2.75) is 38.0 Å². The van der Waals surface area contributed by atoms with Gasteiger partial charge in [0.15, 0.2) is 0 Å². The number of methoxy groups -OCH3 is 2. The molecule has 0 radical (unpaired) electrons. The Morgan fingerprint density at radius 2 is 1.83 bits per heavy atom. The first kappa shape index (κ1) is 35.0. The van der Waals surface area contributed by atoms with Crippen LogP contribution in [0.5, 0.6) is 5.75 Å². The van der Waals surface area contributed by atoms with E-state index in [2.05, 4.69) is 35.0 Å². The van der Waals surface area contributed by atoms with Gasteiger partial charge in [-0.05, 0) is 60.3 Å². The van der Waals surface area contributed by atoms with Gasteiger partial charge in [-0.1, -0.05) is 67.1 Å². The molecule has 0 saturated carbocycles. The summed E-state index contributed by atoms with van der Waals surface area (Å²) in [5.74, 6) is 0.807. The Labute approximate surface area is 276 Å². The molecular formula is C35H45ClN4O6. The number of carbonyl (C=O) groups excluding carboxylic acids is 2. The monoisotopic (exact) mass is 652 g/mol. The summed E-state index contributed by atoms with van der Waals surface area (Å²) in [4.78, 5) is 26.9. The molecule has 3 aromatic rings. The molecule has 10 nitrogen and oxygen atoms in total. The van der Waals surface area contributed by atoms with Crippen molar-refractivity contribution in [1.29, 1.82) is 0 Å². The Kier molecular flexibility index (Phi) is 13.5. The number of amides is 3. The smallest absolute Gasteiger partial charge is 0.406 e. The normalized spacial score (nSPS) is 15.9. The van der Waals surface area contributed by atoms with E-state index < -0.39 is 18.3 Å². The van der Waals surface area contributed by atoms with Crippen molar-refractivity contribution in [3.8, 4) is 16.9 Å². The molecule has 0 aliphatic carbocycles. The highest BCUT2D eigenvalue weighted by Gasteiger charge is 2.34. The lowest BCUT2D eigenvalue weighted by molar-refractivity contribution is -0.105. The molecule has 1 aliphatic rings. The van der Waals surface area contributed by atoms with Gasteiger partial charge in [0.1, 0.15) is 18.0 Å². The highest BCUT2D eigenvalue weighted by molar-refractivity contribution is 6.33. The van der Waals surface area contributed by atoms with Crippen LogP contribution in [-0.2, 0) is 27.1 Å². The zero-order valence-corrected chi connectivity index (χ0v) is 27.8. The van der Waals surface area contributed by atoms with E-state index in [1.807, 2.05) is 61.6 Å². The molecule has 46 heavy (non-hydrogen) atoms. The maximum Gasteiger partial charge on any atom is 0.406 e. The summed E-state index contributed by atoms with van der Waals surface area (Å²) < 4.78 is 22.7. The Hall–Kier alpha value is -3.83. The molecule has 3 aromatic carbocycles. The van der Waals surface area contributed by atoms with Crippen LogP contribution in [0.4, 0.5) is 9.59 Å². The van der Waals surface area contributed by atoms with Crippen molar-refractivity contribution < 1.29 is 28.5 Å². The summed E-state index contributed by atoms with van der Waals surface area (Å²) in [6, 6.07) is 21.8. The van der Waals surface area contributed by atoms with Gasteiger partial charge in [-0.25, -0.2) is 9.59 Å². The van der Waals surface area contributed by atoms with Crippen LogP contribution >= 0.6 is 11.6 Å². The second-order valence-electron chi connectivity index (χ2n) is 11.0. The van der Waals surface area contributed by atoms with E-state index in [4.69, 9.17) is 30.5 Å². The molecule has 0 bridgehead atoms. The van der Waals surface area contributed by atoms with Crippen LogP contribution in [0.15, 0.2) is 66.7 Å². The van der Waals surface area contributed by atoms with Crippen LogP contribution in [0.25, 0.3) is 11.1 Å². The molecule has 1 fully saturated rings. The number of hydrogen-bond acceptors (Lipinski definition) is 7. The average Bonchev–Trinajstić information content (AvgIpc) is 3.10. The summed E-state index contributed by atoms with van der Waals surface area (Å²) >= 11 is 6.84. The van der Waals surface area contributed by atoms with E-state index in [0.717, 1.165) is 40.8 Å². The summed E-state index contributed by atoms with van der Waals surface area (Å²) in [5, 5.41) is 9.65. The first-order valence-corrected chi connectivity index (χ1v) is 16.0. The van der Waals surface area contributed by atoms with Gasteiger partial charge in [0, 0.05) is 36.3 Å². The van der Waals surface area contributed by atoms with Crippen LogP contribution in [0.1, 0.15) is 29.7 Å². The third-order valence-electron chi connectivity index (χ3n) is 8.10. The zero-order chi connectivity index (χ0) is 32.9. The van der Waals surface area contributed by atoms with Gasteiger partial charge in [0.05, 0.1) is 34.0 Å². The van der Waals surface area contributed by atoms with E-state index in [0.29, 0.717) is 31.3 Å². The number of rotatable bonds is 14. The zero-order valence-electron chi connectivity index (χ0n) is 27.0. The van der Waals surface area contributed by atoms with Crippen LogP contribution < -0.4 is 20.7 Å². The van der Waals surface area contributed by atoms with Crippen LogP contribution in [0, 0.1) is 0 Å². The highest BCUT2D eigenvalue weighted by Crippen LogP contribution is 2.39. The molecule has 3 N–H and O–H groups in total. The number of nitrogens with one attached hydrogen (secondary N) is 3. The second kappa shape index (κ2) is 17.8. The minimum Gasteiger partial charge on any atom is -0.497 e.